The second-order valence-electron chi connectivity index (χ2n) is 4.15. The first-order valence-corrected chi connectivity index (χ1v) is 6.18. The van der Waals surface area contributed by atoms with Crippen LogP contribution in [0.2, 0.25) is 0 Å². The molecule has 110 valence electrons. The summed E-state index contributed by atoms with van der Waals surface area (Å²) in [6, 6.07) is 4.53. The van der Waals surface area contributed by atoms with Gasteiger partial charge in [0.1, 0.15) is 0 Å². The van der Waals surface area contributed by atoms with Gasteiger partial charge in [-0.2, -0.15) is 0 Å². The van der Waals surface area contributed by atoms with Gasteiger partial charge in [0, 0.05) is 19.1 Å². The number of nitro groups is 1. The molecule has 0 spiro atoms. The highest BCUT2D eigenvalue weighted by Gasteiger charge is 2.19. The van der Waals surface area contributed by atoms with E-state index in [1.807, 2.05) is 0 Å². The van der Waals surface area contributed by atoms with Gasteiger partial charge < -0.3 is 14.6 Å². The molecule has 1 aromatic rings. The number of hydrogen-bond donors (Lipinski definition) is 1. The summed E-state index contributed by atoms with van der Waals surface area (Å²) in [6.07, 6.45) is -0.849. The smallest absolute Gasteiger partial charge is 0.332 e. The topological polar surface area (TPSA) is 98.9 Å². The second-order valence-corrected chi connectivity index (χ2v) is 4.15. The normalized spacial score (nSPS) is 11.9. The summed E-state index contributed by atoms with van der Waals surface area (Å²) in [6.45, 7) is 3.79. The number of rotatable bonds is 8. The summed E-state index contributed by atoms with van der Waals surface area (Å²) < 4.78 is 10.4. The predicted molar refractivity (Wildman–Crippen MR) is 71.0 cm³/mol. The van der Waals surface area contributed by atoms with Crippen molar-refractivity contribution in [2.24, 2.45) is 0 Å². The molecular formula is C13H17NO6. The molecule has 7 heteroatoms. The van der Waals surface area contributed by atoms with Crippen LogP contribution in [0.25, 0.3) is 0 Å². The van der Waals surface area contributed by atoms with Crippen molar-refractivity contribution < 1.29 is 24.3 Å². The first-order chi connectivity index (χ1) is 9.45. The summed E-state index contributed by atoms with van der Waals surface area (Å²) in [5.41, 5.74) is 0.684. The maximum atomic E-state index is 10.9. The summed E-state index contributed by atoms with van der Waals surface area (Å²) in [7, 11) is 0. The molecule has 1 N–H and O–H groups in total. The van der Waals surface area contributed by atoms with Crippen molar-refractivity contribution in [2.45, 2.75) is 26.4 Å². The Morgan fingerprint density at radius 2 is 2.20 bits per heavy atom. The van der Waals surface area contributed by atoms with Crippen LogP contribution < -0.4 is 4.74 Å². The zero-order chi connectivity index (χ0) is 15.1. The maximum Gasteiger partial charge on any atom is 0.332 e. The number of carboxylic acid groups (broad SMARTS) is 1. The molecule has 20 heavy (non-hydrogen) atoms. The third kappa shape index (κ3) is 4.51. The number of carboxylic acids is 1. The lowest BCUT2D eigenvalue weighted by Gasteiger charge is -2.13. The first kappa shape index (κ1) is 15.9. The van der Waals surface area contributed by atoms with E-state index >= 15 is 0 Å². The number of benzene rings is 1. The van der Waals surface area contributed by atoms with Crippen molar-refractivity contribution in [1.29, 1.82) is 0 Å². The molecule has 0 aliphatic carbocycles. The summed E-state index contributed by atoms with van der Waals surface area (Å²) >= 11 is 0. The van der Waals surface area contributed by atoms with Gasteiger partial charge in [0.05, 0.1) is 11.5 Å². The second kappa shape index (κ2) is 7.44. The lowest BCUT2D eigenvalue weighted by molar-refractivity contribution is -0.385. The van der Waals surface area contributed by atoms with Crippen molar-refractivity contribution in [1.82, 2.24) is 0 Å². The Kier molecular flexibility index (Phi) is 5.92. The monoisotopic (exact) mass is 283 g/mol. The minimum absolute atomic E-state index is 0.0290. The Balaban J connectivity index is 2.67. The largest absolute Gasteiger partial charge is 0.487 e. The Hall–Kier alpha value is -2.15. The van der Waals surface area contributed by atoms with Crippen molar-refractivity contribution in [3.8, 4) is 5.75 Å². The maximum absolute atomic E-state index is 10.9. The van der Waals surface area contributed by atoms with Crippen molar-refractivity contribution in [2.75, 3.05) is 13.2 Å². The minimum Gasteiger partial charge on any atom is -0.487 e. The van der Waals surface area contributed by atoms with Gasteiger partial charge >= 0.3 is 11.7 Å². The molecule has 1 atom stereocenters. The molecule has 0 saturated heterocycles. The van der Waals surface area contributed by atoms with E-state index in [4.69, 9.17) is 14.6 Å². The zero-order valence-electron chi connectivity index (χ0n) is 11.4. The Morgan fingerprint density at radius 3 is 2.75 bits per heavy atom. The van der Waals surface area contributed by atoms with Crippen LogP contribution in [0, 0.1) is 17.0 Å². The third-order valence-electron chi connectivity index (χ3n) is 2.59. The van der Waals surface area contributed by atoms with Crippen molar-refractivity contribution in [3.63, 3.8) is 0 Å². The van der Waals surface area contributed by atoms with E-state index in [0.717, 1.165) is 5.56 Å². The average molecular weight is 283 g/mol. The lowest BCUT2D eigenvalue weighted by atomic mass is 10.2. The van der Waals surface area contributed by atoms with Gasteiger partial charge in [-0.25, -0.2) is 4.79 Å². The average Bonchev–Trinajstić information content (AvgIpc) is 2.37. The van der Waals surface area contributed by atoms with Crippen molar-refractivity contribution >= 4 is 11.7 Å². The molecular weight excluding hydrogens is 266 g/mol. The van der Waals surface area contributed by atoms with Crippen LogP contribution in [0.4, 0.5) is 5.69 Å². The van der Waals surface area contributed by atoms with Crippen LogP contribution in [0.1, 0.15) is 18.9 Å². The minimum atomic E-state index is -1.07. The predicted octanol–water partition coefficient (Wildman–Crippen LogP) is 2.16. The van der Waals surface area contributed by atoms with E-state index in [1.54, 1.807) is 26.0 Å². The lowest BCUT2D eigenvalue weighted by Crippen LogP contribution is -2.26. The van der Waals surface area contributed by atoms with Crippen LogP contribution in [0.3, 0.4) is 0 Å². The van der Waals surface area contributed by atoms with Gasteiger partial charge in [0.15, 0.2) is 11.9 Å². The van der Waals surface area contributed by atoms with E-state index in [-0.39, 0.29) is 31.1 Å². The molecule has 0 radical (unpaired) electrons. The summed E-state index contributed by atoms with van der Waals surface area (Å²) in [5.74, 6) is -0.940. The molecule has 1 aromatic carbocycles. The molecule has 0 aliphatic rings. The molecule has 0 amide bonds. The Bertz CT molecular complexity index is 488. The number of carbonyl (C=O) groups is 1. The highest BCUT2D eigenvalue weighted by Crippen LogP contribution is 2.27. The first-order valence-electron chi connectivity index (χ1n) is 6.18. The fraction of sp³-hybridized carbons (Fsp3) is 0.462. The van der Waals surface area contributed by atoms with E-state index in [1.165, 1.54) is 6.07 Å². The van der Waals surface area contributed by atoms with Crippen LogP contribution in [0.5, 0.6) is 5.75 Å². The SMILES string of the molecule is CCOC(CCOc1cc(C)ccc1[N+](=O)[O-])C(=O)O. The van der Waals surface area contributed by atoms with Gasteiger partial charge in [-0.15, -0.1) is 0 Å². The zero-order valence-corrected chi connectivity index (χ0v) is 11.4. The molecule has 0 heterocycles. The summed E-state index contributed by atoms with van der Waals surface area (Å²) in [5, 5.41) is 19.7. The fourth-order valence-corrected chi connectivity index (χ4v) is 1.64. The van der Waals surface area contributed by atoms with Crippen LogP contribution in [-0.2, 0) is 9.53 Å². The number of hydrogen-bond acceptors (Lipinski definition) is 5. The molecule has 0 saturated carbocycles. The van der Waals surface area contributed by atoms with Crippen LogP contribution >= 0.6 is 0 Å². The number of aliphatic carboxylic acids is 1. The van der Waals surface area contributed by atoms with E-state index in [9.17, 15) is 14.9 Å². The van der Waals surface area contributed by atoms with Crippen molar-refractivity contribution in [3.05, 3.63) is 33.9 Å². The number of aryl methyl sites for hydroxylation is 1. The van der Waals surface area contributed by atoms with Gasteiger partial charge in [0.2, 0.25) is 0 Å². The summed E-state index contributed by atoms with van der Waals surface area (Å²) in [4.78, 5) is 21.2. The van der Waals surface area contributed by atoms with Gasteiger partial charge in [0.25, 0.3) is 0 Å². The molecule has 0 aliphatic heterocycles. The van der Waals surface area contributed by atoms with Gasteiger partial charge in [-0.3, -0.25) is 10.1 Å². The van der Waals surface area contributed by atoms with E-state index in [2.05, 4.69) is 0 Å². The number of nitro benzene ring substituents is 1. The number of nitrogens with zero attached hydrogens (tertiary/aromatic N) is 1. The standard InChI is InChI=1S/C13H17NO6/c1-3-19-11(13(15)16)6-7-20-12-8-9(2)4-5-10(12)14(17)18/h4-5,8,11H,3,6-7H2,1-2H3,(H,15,16). The quantitative estimate of drug-likeness (QED) is 0.579. The van der Waals surface area contributed by atoms with Gasteiger partial charge in [-0.05, 0) is 25.5 Å². The molecule has 7 nitrogen and oxygen atoms in total. The Labute approximate surface area is 116 Å². The van der Waals surface area contributed by atoms with Crippen LogP contribution in [0.15, 0.2) is 18.2 Å². The molecule has 0 fully saturated rings. The van der Waals surface area contributed by atoms with E-state index < -0.39 is 17.0 Å². The molecule has 0 aromatic heterocycles. The van der Waals surface area contributed by atoms with E-state index in [0.29, 0.717) is 0 Å². The highest BCUT2D eigenvalue weighted by molar-refractivity contribution is 5.72. The third-order valence-corrected chi connectivity index (χ3v) is 2.59. The van der Waals surface area contributed by atoms with Crippen LogP contribution in [-0.4, -0.2) is 35.3 Å². The fourth-order valence-electron chi connectivity index (χ4n) is 1.64. The number of ether oxygens (including phenoxy) is 2. The molecule has 1 unspecified atom stereocenters. The Morgan fingerprint density at radius 1 is 1.50 bits per heavy atom. The highest BCUT2D eigenvalue weighted by atomic mass is 16.6. The van der Waals surface area contributed by atoms with Gasteiger partial charge in [-0.1, -0.05) is 6.07 Å². The molecule has 0 bridgehead atoms. The molecule has 1 rings (SSSR count).